The van der Waals surface area contributed by atoms with Gasteiger partial charge in [-0.2, -0.15) is 0 Å². The van der Waals surface area contributed by atoms with Crippen molar-refractivity contribution in [3.63, 3.8) is 0 Å². The van der Waals surface area contributed by atoms with Crippen molar-refractivity contribution in [3.8, 4) is 83.6 Å². The molecule has 2 heterocycles. The normalized spacial score (nSPS) is 12.8. The summed E-state index contributed by atoms with van der Waals surface area (Å²) >= 11 is 0. The Labute approximate surface area is 413 Å². The Morgan fingerprint density at radius 1 is 0.296 bits per heavy atom. The Morgan fingerprint density at radius 2 is 0.746 bits per heavy atom. The molecule has 11 aromatic carbocycles. The molecule has 0 N–H and O–H groups in total. The maximum absolute atomic E-state index is 6.84. The first-order valence-electron chi connectivity index (χ1n) is 24.6. The molecule has 14 rings (SSSR count). The van der Waals surface area contributed by atoms with E-state index in [1.165, 1.54) is 77.4 Å². The van der Waals surface area contributed by atoms with Gasteiger partial charge in [0.25, 0.3) is 0 Å². The van der Waals surface area contributed by atoms with Crippen LogP contribution >= 0.6 is 0 Å². The fraction of sp³-hybridized carbons (Fsp3) is 0.0435. The van der Waals surface area contributed by atoms with Crippen molar-refractivity contribution in [1.82, 2.24) is 4.57 Å². The Hall–Kier alpha value is -8.98. The average molecular weight is 906 g/mol. The summed E-state index contributed by atoms with van der Waals surface area (Å²) < 4.78 is 9.25. The molecule has 0 radical (unpaired) electrons. The summed E-state index contributed by atoms with van der Waals surface area (Å²) in [5.41, 5.74) is 24.5. The second kappa shape index (κ2) is 16.1. The highest BCUT2D eigenvalue weighted by Crippen LogP contribution is 2.50. The lowest BCUT2D eigenvalue weighted by Crippen LogP contribution is -2.14. The number of hydrogen-bond donors (Lipinski definition) is 0. The molecule has 1 aliphatic rings. The average Bonchev–Trinajstić information content (AvgIpc) is 4.05. The second-order valence-electron chi connectivity index (χ2n) is 19.7. The van der Waals surface area contributed by atoms with Crippen LogP contribution in [0, 0.1) is 0 Å². The van der Waals surface area contributed by atoms with Gasteiger partial charge in [-0.3, -0.25) is 0 Å². The van der Waals surface area contributed by atoms with Crippen molar-refractivity contribution in [2.24, 2.45) is 0 Å². The van der Waals surface area contributed by atoms with Crippen LogP contribution in [0.3, 0.4) is 0 Å². The minimum Gasteiger partial charge on any atom is -0.455 e. The summed E-state index contributed by atoms with van der Waals surface area (Å²) in [6.45, 7) is 4.73. The van der Waals surface area contributed by atoms with Crippen LogP contribution in [0.4, 0.5) is 0 Å². The Morgan fingerprint density at radius 3 is 1.38 bits per heavy atom. The first-order chi connectivity index (χ1) is 34.9. The lowest BCUT2D eigenvalue weighted by Gasteiger charge is -2.22. The third kappa shape index (κ3) is 6.71. The number of hydrogen-bond acceptors (Lipinski definition) is 1. The predicted molar refractivity (Wildman–Crippen MR) is 298 cm³/mol. The van der Waals surface area contributed by atoms with E-state index < -0.39 is 0 Å². The zero-order valence-corrected chi connectivity index (χ0v) is 39.5. The maximum Gasteiger partial charge on any atom is 0.143 e. The summed E-state index contributed by atoms with van der Waals surface area (Å²) in [7, 11) is 0. The number of furan rings is 1. The van der Waals surface area contributed by atoms with Crippen LogP contribution in [0.15, 0.2) is 253 Å². The van der Waals surface area contributed by atoms with Crippen molar-refractivity contribution in [2.75, 3.05) is 0 Å². The fourth-order valence-corrected chi connectivity index (χ4v) is 11.6. The van der Waals surface area contributed by atoms with Gasteiger partial charge in [0.2, 0.25) is 0 Å². The van der Waals surface area contributed by atoms with Crippen molar-refractivity contribution in [2.45, 2.75) is 19.3 Å². The van der Waals surface area contributed by atoms with Gasteiger partial charge in [0, 0.05) is 38.2 Å². The van der Waals surface area contributed by atoms with Gasteiger partial charge in [0.05, 0.1) is 11.0 Å². The van der Waals surface area contributed by atoms with E-state index in [0.717, 1.165) is 61.0 Å². The lowest BCUT2D eigenvalue weighted by molar-refractivity contribution is 0.660. The number of benzene rings is 11. The van der Waals surface area contributed by atoms with E-state index in [1.54, 1.807) is 0 Å². The molecule has 0 bridgehead atoms. The molecule has 0 spiro atoms. The first-order valence-corrected chi connectivity index (χ1v) is 24.6. The van der Waals surface area contributed by atoms with Gasteiger partial charge in [-0.1, -0.05) is 178 Å². The first kappa shape index (κ1) is 41.0. The third-order valence-corrected chi connectivity index (χ3v) is 15.2. The smallest absolute Gasteiger partial charge is 0.143 e. The number of para-hydroxylation sites is 1. The van der Waals surface area contributed by atoms with Crippen LogP contribution in [0.2, 0.25) is 0 Å². The SMILES string of the molecule is CC1(C)c2ccccc2-c2ccc(-c3cc(-c4ccc5oc6c(-c7ccccc7)cc(-c7ccccc7)cc6c5c4)cc(-c4ccc5c(c4)c4cc(-c6ccccc6)ccc4n5-c4ccccc4)c3)cc21. The summed E-state index contributed by atoms with van der Waals surface area (Å²) in [6.07, 6.45) is 0. The molecule has 334 valence electrons. The molecule has 0 saturated heterocycles. The van der Waals surface area contributed by atoms with E-state index in [-0.39, 0.29) is 5.41 Å². The molecule has 0 atom stereocenters. The molecule has 0 amide bonds. The molecule has 0 unspecified atom stereocenters. The highest BCUT2D eigenvalue weighted by Gasteiger charge is 2.35. The van der Waals surface area contributed by atoms with Gasteiger partial charge in [-0.25, -0.2) is 0 Å². The van der Waals surface area contributed by atoms with E-state index in [9.17, 15) is 0 Å². The summed E-state index contributed by atoms with van der Waals surface area (Å²) in [4.78, 5) is 0. The van der Waals surface area contributed by atoms with Gasteiger partial charge in [0.1, 0.15) is 11.2 Å². The van der Waals surface area contributed by atoms with E-state index in [4.69, 9.17) is 4.42 Å². The molecule has 0 aliphatic heterocycles. The Bertz CT molecular complexity index is 4220. The summed E-state index contributed by atoms with van der Waals surface area (Å²) in [6, 6.07) is 91.2. The van der Waals surface area contributed by atoms with Crippen LogP contribution in [0.1, 0.15) is 25.0 Å². The molecule has 2 nitrogen and oxygen atoms in total. The fourth-order valence-electron chi connectivity index (χ4n) is 11.6. The molecular weight excluding hydrogens is 859 g/mol. The molecule has 71 heavy (non-hydrogen) atoms. The Kier molecular flexibility index (Phi) is 9.28. The van der Waals surface area contributed by atoms with Crippen LogP contribution in [-0.4, -0.2) is 4.57 Å². The van der Waals surface area contributed by atoms with E-state index >= 15 is 0 Å². The van der Waals surface area contributed by atoms with Crippen molar-refractivity contribution in [3.05, 3.63) is 260 Å². The van der Waals surface area contributed by atoms with Crippen LogP contribution < -0.4 is 0 Å². The molecule has 0 saturated carbocycles. The number of aromatic nitrogens is 1. The lowest BCUT2D eigenvalue weighted by atomic mass is 9.81. The molecule has 2 heteroatoms. The molecular formula is C69H47NO. The number of rotatable bonds is 7. The molecule has 13 aromatic rings. The second-order valence-corrected chi connectivity index (χ2v) is 19.7. The zero-order valence-electron chi connectivity index (χ0n) is 39.5. The van der Waals surface area contributed by atoms with Gasteiger partial charge in [-0.15, -0.1) is 0 Å². The standard InChI is InChI=1S/C69H47NO/c1-69(2)63-26-16-15-25-56(63)57-31-27-50(43-64(57)69)53-36-51(48-29-33-66-60(39-48)59-38-47(44-17-7-3-8-18-44)28-32-65(59)70(66)55-23-13-6-14-24-55)35-52(37-53)49-30-34-67-61(40-49)62-42-54(45-19-9-4-10-20-45)41-58(68(62)71-67)46-21-11-5-12-22-46/h3-43H,1-2H3. The predicted octanol–water partition coefficient (Wildman–Crippen LogP) is 19.0. The number of nitrogens with zero attached hydrogens (tertiary/aromatic N) is 1. The minimum absolute atomic E-state index is 0.121. The largest absolute Gasteiger partial charge is 0.455 e. The van der Waals surface area contributed by atoms with Crippen molar-refractivity contribution in [1.29, 1.82) is 0 Å². The molecule has 0 fully saturated rings. The monoisotopic (exact) mass is 905 g/mol. The quantitative estimate of drug-likeness (QED) is 0.156. The molecule has 2 aromatic heterocycles. The van der Waals surface area contributed by atoms with Gasteiger partial charge < -0.3 is 8.98 Å². The zero-order chi connectivity index (χ0) is 47.2. The number of fused-ring (bicyclic) bond motifs is 9. The van der Waals surface area contributed by atoms with E-state index in [2.05, 4.69) is 267 Å². The van der Waals surface area contributed by atoms with Gasteiger partial charge in [0.15, 0.2) is 0 Å². The third-order valence-electron chi connectivity index (χ3n) is 15.2. The van der Waals surface area contributed by atoms with Gasteiger partial charge in [-0.05, 0) is 168 Å². The van der Waals surface area contributed by atoms with Crippen LogP contribution in [0.5, 0.6) is 0 Å². The molecule has 1 aliphatic carbocycles. The maximum atomic E-state index is 6.84. The van der Waals surface area contributed by atoms with E-state index in [1.807, 2.05) is 0 Å². The topological polar surface area (TPSA) is 18.1 Å². The van der Waals surface area contributed by atoms with Gasteiger partial charge >= 0.3 is 0 Å². The minimum atomic E-state index is -0.121. The summed E-state index contributed by atoms with van der Waals surface area (Å²) in [5, 5.41) is 4.65. The summed E-state index contributed by atoms with van der Waals surface area (Å²) in [5.74, 6) is 0. The highest BCUT2D eigenvalue weighted by molar-refractivity contribution is 6.13. The van der Waals surface area contributed by atoms with Crippen LogP contribution in [-0.2, 0) is 5.41 Å². The van der Waals surface area contributed by atoms with Crippen molar-refractivity contribution >= 4 is 43.7 Å². The highest BCUT2D eigenvalue weighted by atomic mass is 16.3. The van der Waals surface area contributed by atoms with E-state index in [0.29, 0.717) is 0 Å². The Balaban J connectivity index is 0.987. The van der Waals surface area contributed by atoms with Crippen LogP contribution in [0.25, 0.3) is 127 Å². The van der Waals surface area contributed by atoms with Crippen molar-refractivity contribution < 1.29 is 4.42 Å².